The summed E-state index contributed by atoms with van der Waals surface area (Å²) in [6.07, 6.45) is 3.56. The minimum Gasteiger partial charge on any atom is -0.489 e. The lowest BCUT2D eigenvalue weighted by Crippen LogP contribution is -2.44. The number of hydrogen-bond acceptors (Lipinski definition) is 9. The number of likely N-dealkylation sites (tertiary alicyclic amines) is 1. The fourth-order valence-electron chi connectivity index (χ4n) is 3.86. The van der Waals surface area contributed by atoms with Crippen LogP contribution in [0.5, 0.6) is 5.75 Å². The molecule has 1 saturated heterocycles. The maximum absolute atomic E-state index is 13.0. The number of hydrogen-bond donors (Lipinski definition) is 1. The Bertz CT molecular complexity index is 1070. The third-order valence-electron chi connectivity index (χ3n) is 5.69. The van der Waals surface area contributed by atoms with Crippen molar-refractivity contribution in [2.45, 2.75) is 31.7 Å². The van der Waals surface area contributed by atoms with Gasteiger partial charge in [-0.2, -0.15) is 0 Å². The molecule has 1 N–H and O–H groups in total. The monoisotopic (exact) mass is 479 g/mol. The fourth-order valence-corrected chi connectivity index (χ4v) is 4.72. The number of aromatic nitrogens is 4. The number of carbonyl (C=O) groups is 1. The maximum Gasteiger partial charge on any atom is 0.274 e. The average Bonchev–Trinajstić information content (AvgIpc) is 3.38. The van der Waals surface area contributed by atoms with E-state index in [-0.39, 0.29) is 36.1 Å². The molecule has 4 rings (SSSR count). The van der Waals surface area contributed by atoms with Crippen LogP contribution >= 0.6 is 0 Å². The molecular formula is C20H29N7O5S. The second kappa shape index (κ2) is 10.1. The molecule has 2 aromatic heterocycles. The number of rotatable bonds is 5. The number of nitrogens with one attached hydrogen (secondary N) is 1. The van der Waals surface area contributed by atoms with Crippen molar-refractivity contribution in [3.8, 4) is 5.75 Å². The van der Waals surface area contributed by atoms with E-state index in [0.29, 0.717) is 50.7 Å². The molecule has 2 atom stereocenters. The Morgan fingerprint density at radius 2 is 2.15 bits per heavy atom. The van der Waals surface area contributed by atoms with Crippen LogP contribution in [0.15, 0.2) is 24.5 Å². The summed E-state index contributed by atoms with van der Waals surface area (Å²) in [6, 6.07) is 3.13. The van der Waals surface area contributed by atoms with Gasteiger partial charge in [0.05, 0.1) is 37.2 Å². The van der Waals surface area contributed by atoms with Crippen molar-refractivity contribution in [3.05, 3.63) is 35.9 Å². The molecule has 0 aliphatic carbocycles. The van der Waals surface area contributed by atoms with Gasteiger partial charge >= 0.3 is 0 Å². The number of sulfonamides is 1. The van der Waals surface area contributed by atoms with Crippen LogP contribution in [0.1, 0.15) is 22.6 Å². The molecule has 4 heterocycles. The third-order valence-corrected chi connectivity index (χ3v) is 7.60. The van der Waals surface area contributed by atoms with Gasteiger partial charge in [0.25, 0.3) is 5.91 Å². The summed E-state index contributed by atoms with van der Waals surface area (Å²) < 4.78 is 38.9. The molecule has 2 aliphatic heterocycles. The van der Waals surface area contributed by atoms with Crippen molar-refractivity contribution in [1.82, 2.24) is 34.5 Å². The van der Waals surface area contributed by atoms with Gasteiger partial charge in [-0.25, -0.2) is 22.4 Å². The zero-order valence-corrected chi connectivity index (χ0v) is 19.6. The second-order valence-corrected chi connectivity index (χ2v) is 10.6. The highest BCUT2D eigenvalue weighted by atomic mass is 32.2. The Morgan fingerprint density at radius 3 is 2.97 bits per heavy atom. The molecule has 33 heavy (non-hydrogen) atoms. The summed E-state index contributed by atoms with van der Waals surface area (Å²) in [5.41, 5.74) is 0.901. The molecule has 1 amide bonds. The largest absolute Gasteiger partial charge is 0.489 e. The van der Waals surface area contributed by atoms with Crippen LogP contribution in [0.25, 0.3) is 0 Å². The van der Waals surface area contributed by atoms with Gasteiger partial charge in [-0.1, -0.05) is 5.21 Å². The van der Waals surface area contributed by atoms with Crippen molar-refractivity contribution in [2.75, 3.05) is 46.1 Å². The maximum atomic E-state index is 13.0. The molecule has 0 radical (unpaired) electrons. The number of nitrogens with zero attached hydrogens (tertiary/aromatic N) is 6. The van der Waals surface area contributed by atoms with Gasteiger partial charge in [-0.05, 0) is 25.1 Å². The van der Waals surface area contributed by atoms with Crippen molar-refractivity contribution >= 4 is 15.9 Å². The van der Waals surface area contributed by atoms with E-state index < -0.39 is 10.0 Å². The van der Waals surface area contributed by atoms with Crippen molar-refractivity contribution in [3.63, 3.8) is 0 Å². The van der Waals surface area contributed by atoms with Gasteiger partial charge in [-0.15, -0.1) is 5.10 Å². The molecule has 2 bridgehead atoms. The van der Waals surface area contributed by atoms with Crippen LogP contribution in [0.2, 0.25) is 0 Å². The fraction of sp³-hybridized carbons (Fsp3) is 0.600. The highest BCUT2D eigenvalue weighted by molar-refractivity contribution is 7.89. The van der Waals surface area contributed by atoms with E-state index in [2.05, 4.69) is 25.5 Å². The highest BCUT2D eigenvalue weighted by Gasteiger charge is 2.35. The predicted octanol–water partition coefficient (Wildman–Crippen LogP) is -0.654. The van der Waals surface area contributed by atoms with E-state index in [1.54, 1.807) is 23.0 Å². The summed E-state index contributed by atoms with van der Waals surface area (Å²) in [5.74, 6) is 0.125. The first-order chi connectivity index (χ1) is 15.8. The van der Waals surface area contributed by atoms with Crippen molar-refractivity contribution in [1.29, 1.82) is 0 Å². The molecule has 2 aliphatic rings. The number of carbonyl (C=O) groups excluding carboxylic acids is 1. The van der Waals surface area contributed by atoms with E-state index in [9.17, 15) is 13.2 Å². The van der Waals surface area contributed by atoms with Crippen LogP contribution in [0, 0.1) is 0 Å². The summed E-state index contributed by atoms with van der Waals surface area (Å²) in [4.78, 5) is 19.3. The number of fused-ring (bicyclic) bond motifs is 4. The quantitative estimate of drug-likeness (QED) is 0.594. The summed E-state index contributed by atoms with van der Waals surface area (Å²) in [7, 11) is -0.189. The van der Waals surface area contributed by atoms with Crippen LogP contribution in [0.3, 0.4) is 0 Å². The minimum atomic E-state index is -3.25. The predicted molar refractivity (Wildman–Crippen MR) is 118 cm³/mol. The first kappa shape index (κ1) is 23.5. The lowest BCUT2D eigenvalue weighted by molar-refractivity contribution is 0.0295. The smallest absolute Gasteiger partial charge is 0.274 e. The molecular weight excluding hydrogens is 450 g/mol. The van der Waals surface area contributed by atoms with E-state index in [1.807, 2.05) is 6.20 Å². The lowest BCUT2D eigenvalue weighted by atomic mass is 10.2. The van der Waals surface area contributed by atoms with Crippen LogP contribution in [-0.4, -0.2) is 102 Å². The molecule has 2 aromatic rings. The molecule has 12 nitrogen and oxygen atoms in total. The van der Waals surface area contributed by atoms with E-state index >= 15 is 0 Å². The zero-order chi connectivity index (χ0) is 23.4. The molecule has 0 aromatic carbocycles. The van der Waals surface area contributed by atoms with Gasteiger partial charge in [0, 0.05) is 33.4 Å². The number of ether oxygens (including phenoxy) is 2. The van der Waals surface area contributed by atoms with E-state index in [4.69, 9.17) is 9.47 Å². The molecule has 1 fully saturated rings. The zero-order valence-electron chi connectivity index (χ0n) is 18.8. The van der Waals surface area contributed by atoms with Gasteiger partial charge in [0.2, 0.25) is 10.0 Å². The molecule has 0 unspecified atom stereocenters. The summed E-state index contributed by atoms with van der Waals surface area (Å²) in [6.45, 7) is 2.72. The Kier molecular flexibility index (Phi) is 7.22. The Labute approximate surface area is 192 Å². The Balaban J connectivity index is 1.48. The first-order valence-corrected chi connectivity index (χ1v) is 12.4. The molecule has 0 saturated carbocycles. The SMILES string of the molecule is CN(C)S(=O)(=O)CCCN1C[C@@H]2NC(=O)c3ncccc3OCCn3cc(nn3)CO[C@H]2C1. The molecule has 13 heteroatoms. The second-order valence-electron chi connectivity index (χ2n) is 8.31. The Hall–Kier alpha value is -2.61. The molecule has 180 valence electrons. The first-order valence-electron chi connectivity index (χ1n) is 10.8. The highest BCUT2D eigenvalue weighted by Crippen LogP contribution is 2.20. The summed E-state index contributed by atoms with van der Waals surface area (Å²) in [5, 5.41) is 11.3. The number of pyridine rings is 1. The van der Waals surface area contributed by atoms with Gasteiger partial charge in [0.1, 0.15) is 12.3 Å². The third kappa shape index (κ3) is 5.85. The van der Waals surface area contributed by atoms with E-state index in [1.165, 1.54) is 18.4 Å². The minimum absolute atomic E-state index is 0.0663. The standard InChI is InChI=1S/C20H29N7O5S/c1-25(2)33(29,30)10-4-7-26-12-16-18(13-26)32-14-15-11-27(24-23-15)8-9-31-17-5-3-6-21-19(17)20(28)22-16/h3,5-6,11,16,18H,4,7-10,12-14H2,1-2H3,(H,22,28)/t16-,18-/m0/s1. The lowest BCUT2D eigenvalue weighted by Gasteiger charge is -2.20. The van der Waals surface area contributed by atoms with Crippen molar-refractivity contribution < 1.29 is 22.7 Å². The molecule has 0 spiro atoms. The topological polar surface area (TPSA) is 132 Å². The average molecular weight is 480 g/mol. The van der Waals surface area contributed by atoms with E-state index in [0.717, 1.165) is 0 Å². The Morgan fingerprint density at radius 1 is 1.30 bits per heavy atom. The van der Waals surface area contributed by atoms with Crippen LogP contribution in [0.4, 0.5) is 0 Å². The van der Waals surface area contributed by atoms with Crippen molar-refractivity contribution in [2.24, 2.45) is 0 Å². The van der Waals surface area contributed by atoms with Gasteiger partial charge in [-0.3, -0.25) is 9.69 Å². The number of amides is 1. The van der Waals surface area contributed by atoms with Crippen LogP contribution in [-0.2, 0) is 27.9 Å². The summed E-state index contributed by atoms with van der Waals surface area (Å²) >= 11 is 0. The van der Waals surface area contributed by atoms with Gasteiger partial charge in [0.15, 0.2) is 11.4 Å². The van der Waals surface area contributed by atoms with Crippen LogP contribution < -0.4 is 10.1 Å². The normalized spacial score (nSPS) is 22.2. The van der Waals surface area contributed by atoms with Gasteiger partial charge < -0.3 is 14.8 Å².